The van der Waals surface area contributed by atoms with Gasteiger partial charge in [0.25, 0.3) is 0 Å². The summed E-state index contributed by atoms with van der Waals surface area (Å²) >= 11 is 0. The van der Waals surface area contributed by atoms with Crippen LogP contribution in [0.5, 0.6) is 0 Å². The molecular formula is C16H19NO3. The smallest absolute Gasteiger partial charge is 0.339 e. The molecule has 0 spiro atoms. The number of nitrogens with zero attached hydrogens (tertiary/aromatic N) is 1. The number of hydrogen-bond acceptors (Lipinski definition) is 3. The minimum Gasteiger partial charge on any atom is -0.453 e. The molecule has 0 aliphatic carbocycles. The lowest BCUT2D eigenvalue weighted by Crippen LogP contribution is -2.38. The number of likely N-dealkylation sites (tertiary alicyclic amines) is 1. The lowest BCUT2D eigenvalue weighted by molar-refractivity contribution is -0.134. The van der Waals surface area contributed by atoms with E-state index in [1.807, 2.05) is 23.1 Å². The maximum Gasteiger partial charge on any atom is 0.339 e. The van der Waals surface area contributed by atoms with Crippen molar-refractivity contribution in [1.29, 1.82) is 0 Å². The molecule has 1 aromatic rings. The number of piperidine rings is 1. The Labute approximate surface area is 118 Å². The molecule has 2 heterocycles. The highest BCUT2D eigenvalue weighted by atomic mass is 16.5. The molecule has 2 aliphatic rings. The standard InChI is InChI=1S/C16H19NO3/c1-11-6-8-17(9-7-11)15(18)10-14-12-4-2-3-5-13(12)16(19)20-14/h2-5,11,14H,6-10H2,1H3. The van der Waals surface area contributed by atoms with Gasteiger partial charge in [-0.3, -0.25) is 4.79 Å². The van der Waals surface area contributed by atoms with Gasteiger partial charge in [0, 0.05) is 18.7 Å². The monoisotopic (exact) mass is 273 g/mol. The van der Waals surface area contributed by atoms with Crippen molar-refractivity contribution in [3.8, 4) is 0 Å². The fourth-order valence-corrected chi connectivity index (χ4v) is 2.92. The van der Waals surface area contributed by atoms with Crippen molar-refractivity contribution in [3.63, 3.8) is 0 Å². The first-order chi connectivity index (χ1) is 9.65. The Morgan fingerprint density at radius 1 is 1.30 bits per heavy atom. The fraction of sp³-hybridized carbons (Fsp3) is 0.500. The zero-order valence-electron chi connectivity index (χ0n) is 11.7. The largest absolute Gasteiger partial charge is 0.453 e. The molecule has 4 nitrogen and oxygen atoms in total. The first kappa shape index (κ1) is 13.2. The Morgan fingerprint density at radius 2 is 2.00 bits per heavy atom. The number of carbonyl (C=O) groups is 2. The Morgan fingerprint density at radius 3 is 2.75 bits per heavy atom. The molecule has 1 aromatic carbocycles. The molecule has 3 rings (SSSR count). The van der Waals surface area contributed by atoms with Gasteiger partial charge in [0.1, 0.15) is 6.10 Å². The van der Waals surface area contributed by atoms with Crippen LogP contribution in [0.15, 0.2) is 24.3 Å². The number of hydrogen-bond donors (Lipinski definition) is 0. The van der Waals surface area contributed by atoms with E-state index in [1.54, 1.807) is 6.07 Å². The highest BCUT2D eigenvalue weighted by Crippen LogP contribution is 2.33. The predicted molar refractivity (Wildman–Crippen MR) is 74.2 cm³/mol. The molecule has 0 aromatic heterocycles. The summed E-state index contributed by atoms with van der Waals surface area (Å²) < 4.78 is 5.33. The van der Waals surface area contributed by atoms with E-state index >= 15 is 0 Å². The summed E-state index contributed by atoms with van der Waals surface area (Å²) in [7, 11) is 0. The van der Waals surface area contributed by atoms with Crippen molar-refractivity contribution in [3.05, 3.63) is 35.4 Å². The summed E-state index contributed by atoms with van der Waals surface area (Å²) in [6, 6.07) is 7.32. The SMILES string of the molecule is CC1CCN(C(=O)CC2OC(=O)c3ccccc32)CC1. The van der Waals surface area contributed by atoms with Crippen LogP contribution in [-0.2, 0) is 9.53 Å². The maximum atomic E-state index is 12.3. The van der Waals surface area contributed by atoms with Crippen molar-refractivity contribution >= 4 is 11.9 Å². The number of esters is 1. The molecule has 0 N–H and O–H groups in total. The molecular weight excluding hydrogens is 254 g/mol. The van der Waals surface area contributed by atoms with Gasteiger partial charge in [0.2, 0.25) is 5.91 Å². The van der Waals surface area contributed by atoms with E-state index in [1.165, 1.54) is 0 Å². The zero-order chi connectivity index (χ0) is 14.1. The van der Waals surface area contributed by atoms with Gasteiger partial charge in [0.05, 0.1) is 12.0 Å². The zero-order valence-corrected chi connectivity index (χ0v) is 11.7. The summed E-state index contributed by atoms with van der Waals surface area (Å²) in [5, 5.41) is 0. The molecule has 2 aliphatic heterocycles. The molecule has 1 amide bonds. The minimum absolute atomic E-state index is 0.0893. The molecule has 0 saturated carbocycles. The van der Waals surface area contributed by atoms with Gasteiger partial charge >= 0.3 is 5.97 Å². The number of rotatable bonds is 2. The number of ether oxygens (including phenoxy) is 1. The van der Waals surface area contributed by atoms with Crippen LogP contribution in [0.4, 0.5) is 0 Å². The number of benzene rings is 1. The van der Waals surface area contributed by atoms with E-state index in [2.05, 4.69) is 6.92 Å². The van der Waals surface area contributed by atoms with Crippen molar-refractivity contribution in [2.45, 2.75) is 32.3 Å². The highest BCUT2D eigenvalue weighted by Gasteiger charge is 2.33. The molecule has 0 bridgehead atoms. The first-order valence-corrected chi connectivity index (χ1v) is 7.23. The lowest BCUT2D eigenvalue weighted by Gasteiger charge is -2.31. The highest BCUT2D eigenvalue weighted by molar-refractivity contribution is 5.94. The second-order valence-corrected chi connectivity index (χ2v) is 5.75. The van der Waals surface area contributed by atoms with Gasteiger partial charge in [-0.2, -0.15) is 0 Å². The van der Waals surface area contributed by atoms with E-state index in [4.69, 9.17) is 4.74 Å². The summed E-state index contributed by atoms with van der Waals surface area (Å²) in [5.74, 6) is 0.473. The minimum atomic E-state index is -0.412. The summed E-state index contributed by atoms with van der Waals surface area (Å²) in [6.45, 7) is 3.86. The van der Waals surface area contributed by atoms with E-state index in [0.717, 1.165) is 31.5 Å². The summed E-state index contributed by atoms with van der Waals surface area (Å²) in [6.07, 6.45) is 1.97. The molecule has 0 radical (unpaired) electrons. The number of cyclic esters (lactones) is 1. The molecule has 1 fully saturated rings. The average molecular weight is 273 g/mol. The second-order valence-electron chi connectivity index (χ2n) is 5.75. The van der Waals surface area contributed by atoms with Gasteiger partial charge in [-0.05, 0) is 24.8 Å². The van der Waals surface area contributed by atoms with Crippen molar-refractivity contribution < 1.29 is 14.3 Å². The Kier molecular flexibility index (Phi) is 3.47. The second kappa shape index (κ2) is 5.27. The molecule has 1 unspecified atom stereocenters. The fourth-order valence-electron chi connectivity index (χ4n) is 2.92. The molecule has 106 valence electrons. The van der Waals surface area contributed by atoms with Crippen LogP contribution in [0.3, 0.4) is 0 Å². The van der Waals surface area contributed by atoms with Gasteiger partial charge in [0.15, 0.2) is 0 Å². The topological polar surface area (TPSA) is 46.6 Å². The van der Waals surface area contributed by atoms with Gasteiger partial charge in [-0.15, -0.1) is 0 Å². The summed E-state index contributed by atoms with van der Waals surface area (Å²) in [4.78, 5) is 25.9. The van der Waals surface area contributed by atoms with Crippen LogP contribution >= 0.6 is 0 Å². The Balaban J connectivity index is 1.67. The van der Waals surface area contributed by atoms with Crippen LogP contribution in [0, 0.1) is 5.92 Å². The van der Waals surface area contributed by atoms with Crippen LogP contribution in [0.1, 0.15) is 48.2 Å². The van der Waals surface area contributed by atoms with Gasteiger partial charge in [-0.25, -0.2) is 4.79 Å². The third-order valence-corrected chi connectivity index (χ3v) is 4.27. The Bertz CT molecular complexity index is 532. The third-order valence-electron chi connectivity index (χ3n) is 4.27. The Hall–Kier alpha value is -1.84. The number of fused-ring (bicyclic) bond motifs is 1. The van der Waals surface area contributed by atoms with Crippen molar-refractivity contribution in [2.75, 3.05) is 13.1 Å². The normalized spacial score (nSPS) is 22.6. The average Bonchev–Trinajstić information content (AvgIpc) is 2.77. The maximum absolute atomic E-state index is 12.3. The number of carbonyl (C=O) groups excluding carboxylic acids is 2. The van der Waals surface area contributed by atoms with Crippen LogP contribution in [-0.4, -0.2) is 29.9 Å². The predicted octanol–water partition coefficient (Wildman–Crippen LogP) is 2.55. The first-order valence-electron chi connectivity index (χ1n) is 7.23. The summed E-state index contributed by atoms with van der Waals surface area (Å²) in [5.41, 5.74) is 1.44. The van der Waals surface area contributed by atoms with Gasteiger partial charge < -0.3 is 9.64 Å². The van der Waals surface area contributed by atoms with Crippen LogP contribution in [0.2, 0.25) is 0 Å². The molecule has 1 saturated heterocycles. The molecule has 1 atom stereocenters. The van der Waals surface area contributed by atoms with E-state index in [0.29, 0.717) is 11.5 Å². The van der Waals surface area contributed by atoms with E-state index in [-0.39, 0.29) is 18.3 Å². The quantitative estimate of drug-likeness (QED) is 0.778. The molecule has 4 heteroatoms. The lowest BCUT2D eigenvalue weighted by atomic mass is 9.98. The number of amides is 1. The van der Waals surface area contributed by atoms with E-state index in [9.17, 15) is 9.59 Å². The van der Waals surface area contributed by atoms with Crippen LogP contribution < -0.4 is 0 Å². The van der Waals surface area contributed by atoms with Crippen LogP contribution in [0.25, 0.3) is 0 Å². The van der Waals surface area contributed by atoms with Crippen molar-refractivity contribution in [2.24, 2.45) is 5.92 Å². The molecule has 20 heavy (non-hydrogen) atoms. The third kappa shape index (κ3) is 2.42. The van der Waals surface area contributed by atoms with Crippen molar-refractivity contribution in [1.82, 2.24) is 4.90 Å². The van der Waals surface area contributed by atoms with Gasteiger partial charge in [-0.1, -0.05) is 25.1 Å². The van der Waals surface area contributed by atoms with E-state index < -0.39 is 6.10 Å².